The standard InChI is InChI=1S/C15H22BrFN2/c1-10(2)9-19-7-3-4-14(18)15(19)12-8-11(17)5-6-13(12)16/h5-6,8,10,14-15H,3-4,7,9,18H2,1-2H3. The highest BCUT2D eigenvalue weighted by atomic mass is 79.9. The Morgan fingerprint density at radius 2 is 2.21 bits per heavy atom. The second-order valence-corrected chi connectivity index (χ2v) is 6.66. The van der Waals surface area contributed by atoms with Crippen LogP contribution in [-0.2, 0) is 0 Å². The lowest BCUT2D eigenvalue weighted by atomic mass is 9.90. The van der Waals surface area contributed by atoms with E-state index in [-0.39, 0.29) is 17.9 Å². The van der Waals surface area contributed by atoms with Gasteiger partial charge in [-0.15, -0.1) is 0 Å². The van der Waals surface area contributed by atoms with Gasteiger partial charge in [-0.3, -0.25) is 4.90 Å². The summed E-state index contributed by atoms with van der Waals surface area (Å²) in [5.41, 5.74) is 7.29. The maximum Gasteiger partial charge on any atom is 0.123 e. The zero-order valence-electron chi connectivity index (χ0n) is 11.6. The molecule has 0 spiro atoms. The van der Waals surface area contributed by atoms with E-state index in [9.17, 15) is 4.39 Å². The van der Waals surface area contributed by atoms with Gasteiger partial charge < -0.3 is 5.73 Å². The molecule has 2 rings (SSSR count). The maximum absolute atomic E-state index is 13.5. The maximum atomic E-state index is 13.5. The number of piperidine rings is 1. The fraction of sp³-hybridized carbons (Fsp3) is 0.600. The molecule has 1 aliphatic heterocycles. The minimum absolute atomic E-state index is 0.0746. The Labute approximate surface area is 123 Å². The Hall–Kier alpha value is -0.450. The molecule has 1 aromatic rings. The number of hydrogen-bond donors (Lipinski definition) is 1. The van der Waals surface area contributed by atoms with E-state index in [4.69, 9.17) is 5.73 Å². The predicted octanol–water partition coefficient (Wildman–Crippen LogP) is 3.71. The van der Waals surface area contributed by atoms with Crippen LogP contribution in [0.1, 0.15) is 38.3 Å². The van der Waals surface area contributed by atoms with Crippen molar-refractivity contribution in [3.63, 3.8) is 0 Å². The van der Waals surface area contributed by atoms with E-state index in [2.05, 4.69) is 34.7 Å². The number of hydrogen-bond acceptors (Lipinski definition) is 2. The molecule has 0 radical (unpaired) electrons. The molecule has 1 saturated heterocycles. The van der Waals surface area contributed by atoms with E-state index in [0.717, 1.165) is 36.0 Å². The molecule has 1 aliphatic rings. The van der Waals surface area contributed by atoms with Crippen LogP contribution in [0.3, 0.4) is 0 Å². The average Bonchev–Trinajstić information content (AvgIpc) is 2.32. The number of benzene rings is 1. The van der Waals surface area contributed by atoms with Crippen molar-refractivity contribution in [1.82, 2.24) is 4.90 Å². The van der Waals surface area contributed by atoms with E-state index >= 15 is 0 Å². The zero-order valence-corrected chi connectivity index (χ0v) is 13.2. The molecule has 0 aliphatic carbocycles. The van der Waals surface area contributed by atoms with Gasteiger partial charge in [-0.25, -0.2) is 4.39 Å². The fourth-order valence-electron chi connectivity index (χ4n) is 2.94. The Morgan fingerprint density at radius 1 is 1.47 bits per heavy atom. The number of rotatable bonds is 3. The van der Waals surface area contributed by atoms with Crippen molar-refractivity contribution in [3.05, 3.63) is 34.1 Å². The molecule has 0 saturated carbocycles. The summed E-state index contributed by atoms with van der Waals surface area (Å²) >= 11 is 3.54. The third kappa shape index (κ3) is 3.56. The first-order valence-corrected chi connectivity index (χ1v) is 7.73. The molecule has 2 atom stereocenters. The summed E-state index contributed by atoms with van der Waals surface area (Å²) in [4.78, 5) is 2.40. The van der Waals surface area contributed by atoms with Crippen LogP contribution in [0.4, 0.5) is 4.39 Å². The summed E-state index contributed by atoms with van der Waals surface area (Å²) < 4.78 is 14.5. The van der Waals surface area contributed by atoms with Crippen molar-refractivity contribution < 1.29 is 4.39 Å². The Balaban J connectivity index is 2.33. The first-order chi connectivity index (χ1) is 8.99. The molecule has 2 unspecified atom stereocenters. The van der Waals surface area contributed by atoms with Crippen molar-refractivity contribution in [3.8, 4) is 0 Å². The van der Waals surface area contributed by atoms with Crippen LogP contribution < -0.4 is 5.73 Å². The first-order valence-electron chi connectivity index (χ1n) is 6.93. The summed E-state index contributed by atoms with van der Waals surface area (Å²) in [7, 11) is 0. The Bertz CT molecular complexity index is 436. The minimum Gasteiger partial charge on any atom is -0.326 e. The highest BCUT2D eigenvalue weighted by molar-refractivity contribution is 9.10. The van der Waals surface area contributed by atoms with Gasteiger partial charge in [-0.2, -0.15) is 0 Å². The number of nitrogens with zero attached hydrogens (tertiary/aromatic N) is 1. The summed E-state index contributed by atoms with van der Waals surface area (Å²) in [6.45, 7) is 6.45. The smallest absolute Gasteiger partial charge is 0.123 e. The highest BCUT2D eigenvalue weighted by Gasteiger charge is 2.31. The normalized spacial score (nSPS) is 24.9. The molecule has 1 heterocycles. The number of halogens is 2. The average molecular weight is 329 g/mol. The quantitative estimate of drug-likeness (QED) is 0.916. The van der Waals surface area contributed by atoms with Crippen LogP contribution in [0.5, 0.6) is 0 Å². The lowest BCUT2D eigenvalue weighted by Gasteiger charge is -2.41. The van der Waals surface area contributed by atoms with Crippen molar-refractivity contribution in [1.29, 1.82) is 0 Å². The molecular formula is C15H22BrFN2. The molecule has 0 amide bonds. The second-order valence-electron chi connectivity index (χ2n) is 5.81. The summed E-state index contributed by atoms with van der Waals surface area (Å²) in [6.07, 6.45) is 2.12. The molecule has 0 aromatic heterocycles. The molecular weight excluding hydrogens is 307 g/mol. The van der Waals surface area contributed by atoms with E-state index in [1.165, 1.54) is 6.07 Å². The van der Waals surface area contributed by atoms with Gasteiger partial charge in [-0.1, -0.05) is 29.8 Å². The van der Waals surface area contributed by atoms with Crippen LogP contribution in [-0.4, -0.2) is 24.0 Å². The van der Waals surface area contributed by atoms with Gasteiger partial charge in [-0.05, 0) is 49.1 Å². The lowest BCUT2D eigenvalue weighted by Crippen LogP contribution is -2.47. The molecule has 1 fully saturated rings. The highest BCUT2D eigenvalue weighted by Crippen LogP contribution is 2.35. The van der Waals surface area contributed by atoms with Gasteiger partial charge in [0.15, 0.2) is 0 Å². The van der Waals surface area contributed by atoms with Crippen molar-refractivity contribution in [2.45, 2.75) is 38.8 Å². The molecule has 4 heteroatoms. The van der Waals surface area contributed by atoms with Crippen LogP contribution >= 0.6 is 15.9 Å². The summed E-state index contributed by atoms with van der Waals surface area (Å²) in [5, 5.41) is 0. The third-order valence-corrected chi connectivity index (χ3v) is 4.38. The van der Waals surface area contributed by atoms with E-state index in [1.54, 1.807) is 12.1 Å². The SMILES string of the molecule is CC(C)CN1CCCC(N)C1c1cc(F)ccc1Br. The van der Waals surface area contributed by atoms with E-state index < -0.39 is 0 Å². The van der Waals surface area contributed by atoms with Gasteiger partial charge >= 0.3 is 0 Å². The summed E-state index contributed by atoms with van der Waals surface area (Å²) in [6, 6.07) is 5.06. The zero-order chi connectivity index (χ0) is 14.0. The molecule has 0 bridgehead atoms. The molecule has 1 aromatic carbocycles. The molecule has 2 N–H and O–H groups in total. The van der Waals surface area contributed by atoms with Crippen molar-refractivity contribution in [2.24, 2.45) is 11.7 Å². The number of likely N-dealkylation sites (tertiary alicyclic amines) is 1. The van der Waals surface area contributed by atoms with Gasteiger partial charge in [0.05, 0.1) is 6.04 Å². The Morgan fingerprint density at radius 3 is 2.89 bits per heavy atom. The van der Waals surface area contributed by atoms with Crippen LogP contribution in [0.2, 0.25) is 0 Å². The largest absolute Gasteiger partial charge is 0.326 e. The van der Waals surface area contributed by atoms with Gasteiger partial charge in [0.25, 0.3) is 0 Å². The van der Waals surface area contributed by atoms with Crippen molar-refractivity contribution in [2.75, 3.05) is 13.1 Å². The van der Waals surface area contributed by atoms with Crippen LogP contribution in [0.15, 0.2) is 22.7 Å². The van der Waals surface area contributed by atoms with Gasteiger partial charge in [0.2, 0.25) is 0 Å². The molecule has 19 heavy (non-hydrogen) atoms. The third-order valence-electron chi connectivity index (χ3n) is 3.66. The van der Waals surface area contributed by atoms with E-state index in [1.807, 2.05) is 0 Å². The van der Waals surface area contributed by atoms with Gasteiger partial charge in [0.1, 0.15) is 5.82 Å². The van der Waals surface area contributed by atoms with Gasteiger partial charge in [0, 0.05) is 17.1 Å². The second kappa shape index (κ2) is 6.33. The minimum atomic E-state index is -0.194. The Kier molecular flexibility index (Phi) is 4.98. The van der Waals surface area contributed by atoms with Crippen molar-refractivity contribution >= 4 is 15.9 Å². The summed E-state index contributed by atoms with van der Waals surface area (Å²) in [5.74, 6) is 0.389. The topological polar surface area (TPSA) is 29.3 Å². The predicted molar refractivity (Wildman–Crippen MR) is 80.5 cm³/mol. The van der Waals surface area contributed by atoms with E-state index in [0.29, 0.717) is 5.92 Å². The molecule has 2 nitrogen and oxygen atoms in total. The monoisotopic (exact) mass is 328 g/mol. The molecule has 106 valence electrons. The van der Waals surface area contributed by atoms with Crippen LogP contribution in [0, 0.1) is 11.7 Å². The fourth-order valence-corrected chi connectivity index (χ4v) is 3.42. The van der Waals surface area contributed by atoms with Crippen LogP contribution in [0.25, 0.3) is 0 Å². The lowest BCUT2D eigenvalue weighted by molar-refractivity contribution is 0.113. The number of nitrogens with two attached hydrogens (primary N) is 1. The first kappa shape index (κ1) is 14.9.